The molecule has 23 heavy (non-hydrogen) atoms. The van der Waals surface area contributed by atoms with Crippen LogP contribution in [0.25, 0.3) is 0 Å². The average molecular weight is 312 g/mol. The topological polar surface area (TPSA) is 75.2 Å². The molecular weight excluding hydrogens is 292 g/mol. The van der Waals surface area contributed by atoms with E-state index < -0.39 is 0 Å². The van der Waals surface area contributed by atoms with Crippen molar-refractivity contribution in [3.8, 4) is 0 Å². The highest BCUT2D eigenvalue weighted by molar-refractivity contribution is 5.99. The number of carbonyl (C=O) groups excluding carboxylic acids is 2. The standard InChI is InChI=1S/C17H20N4O2/c1-3-21(4-2)17(23)15-9-14(11-19-12-15)16(22)20-10-13-5-7-18-8-6-13/h5-9,11-12H,3-4,10H2,1-2H3,(H,20,22). The minimum absolute atomic E-state index is 0.119. The van der Waals surface area contributed by atoms with Crippen LogP contribution in [0.1, 0.15) is 40.1 Å². The fourth-order valence-corrected chi connectivity index (χ4v) is 2.16. The van der Waals surface area contributed by atoms with E-state index >= 15 is 0 Å². The smallest absolute Gasteiger partial charge is 0.255 e. The Kier molecular flexibility index (Phi) is 5.80. The molecule has 2 aromatic rings. The molecule has 2 rings (SSSR count). The number of amides is 2. The third-order valence-electron chi connectivity index (χ3n) is 3.50. The van der Waals surface area contributed by atoms with Gasteiger partial charge in [-0.15, -0.1) is 0 Å². The van der Waals surface area contributed by atoms with E-state index in [9.17, 15) is 9.59 Å². The quantitative estimate of drug-likeness (QED) is 0.884. The summed E-state index contributed by atoms with van der Waals surface area (Å²) < 4.78 is 0. The van der Waals surface area contributed by atoms with Crippen LogP contribution in [0, 0.1) is 0 Å². The third-order valence-corrected chi connectivity index (χ3v) is 3.50. The number of carbonyl (C=O) groups is 2. The zero-order valence-electron chi connectivity index (χ0n) is 13.3. The Morgan fingerprint density at radius 2 is 1.70 bits per heavy atom. The maximum atomic E-state index is 12.3. The Morgan fingerprint density at radius 1 is 1.04 bits per heavy atom. The molecule has 0 fully saturated rings. The highest BCUT2D eigenvalue weighted by Gasteiger charge is 2.15. The third kappa shape index (κ3) is 4.35. The number of nitrogens with zero attached hydrogens (tertiary/aromatic N) is 3. The molecule has 6 nitrogen and oxygen atoms in total. The van der Waals surface area contributed by atoms with E-state index in [-0.39, 0.29) is 11.8 Å². The van der Waals surface area contributed by atoms with Gasteiger partial charge in [0.15, 0.2) is 0 Å². The van der Waals surface area contributed by atoms with Crippen LogP contribution >= 0.6 is 0 Å². The zero-order chi connectivity index (χ0) is 16.7. The number of hydrogen-bond acceptors (Lipinski definition) is 4. The van der Waals surface area contributed by atoms with Crippen molar-refractivity contribution >= 4 is 11.8 Å². The van der Waals surface area contributed by atoms with Gasteiger partial charge in [-0.3, -0.25) is 19.6 Å². The van der Waals surface area contributed by atoms with Crippen molar-refractivity contribution in [2.75, 3.05) is 13.1 Å². The molecule has 0 saturated heterocycles. The maximum absolute atomic E-state index is 12.3. The first-order valence-corrected chi connectivity index (χ1v) is 7.57. The van der Waals surface area contributed by atoms with E-state index in [4.69, 9.17) is 0 Å². The molecule has 0 bridgehead atoms. The molecule has 0 aliphatic rings. The molecule has 0 aromatic carbocycles. The highest BCUT2D eigenvalue weighted by Crippen LogP contribution is 2.07. The van der Waals surface area contributed by atoms with Gasteiger partial charge in [0.1, 0.15) is 0 Å². The van der Waals surface area contributed by atoms with Crippen LogP contribution in [-0.2, 0) is 6.54 Å². The Bertz CT molecular complexity index is 669. The molecule has 2 amide bonds. The monoisotopic (exact) mass is 312 g/mol. The molecule has 0 saturated carbocycles. The van der Waals surface area contributed by atoms with Crippen molar-refractivity contribution in [2.24, 2.45) is 0 Å². The summed E-state index contributed by atoms with van der Waals surface area (Å²) in [4.78, 5) is 34.2. The van der Waals surface area contributed by atoms with Gasteiger partial charge in [0.05, 0.1) is 11.1 Å². The summed E-state index contributed by atoms with van der Waals surface area (Å²) in [6.07, 6.45) is 6.29. The van der Waals surface area contributed by atoms with E-state index in [0.717, 1.165) is 5.56 Å². The first-order chi connectivity index (χ1) is 11.2. The van der Waals surface area contributed by atoms with Crippen LogP contribution < -0.4 is 5.32 Å². The van der Waals surface area contributed by atoms with Gasteiger partial charge in [0, 0.05) is 44.4 Å². The van der Waals surface area contributed by atoms with E-state index in [0.29, 0.717) is 30.8 Å². The summed E-state index contributed by atoms with van der Waals surface area (Å²) in [5.74, 6) is -0.380. The Labute approximate surface area is 135 Å². The predicted octanol–water partition coefficient (Wildman–Crippen LogP) is 1.89. The molecular formula is C17H20N4O2. The van der Waals surface area contributed by atoms with Gasteiger partial charge in [0.2, 0.25) is 0 Å². The lowest BCUT2D eigenvalue weighted by Gasteiger charge is -2.18. The summed E-state index contributed by atoms with van der Waals surface area (Å²) in [5.41, 5.74) is 1.75. The highest BCUT2D eigenvalue weighted by atomic mass is 16.2. The molecule has 0 radical (unpaired) electrons. The van der Waals surface area contributed by atoms with Gasteiger partial charge in [0.25, 0.3) is 11.8 Å². The molecule has 0 aliphatic heterocycles. The second-order valence-corrected chi connectivity index (χ2v) is 4.98. The van der Waals surface area contributed by atoms with Crippen molar-refractivity contribution in [3.63, 3.8) is 0 Å². The first kappa shape index (κ1) is 16.6. The molecule has 1 N–H and O–H groups in total. The summed E-state index contributed by atoms with van der Waals surface area (Å²) in [6, 6.07) is 5.24. The number of pyridine rings is 2. The van der Waals surface area contributed by atoms with E-state index in [1.54, 1.807) is 23.4 Å². The summed E-state index contributed by atoms with van der Waals surface area (Å²) >= 11 is 0. The average Bonchev–Trinajstić information content (AvgIpc) is 2.61. The van der Waals surface area contributed by atoms with E-state index in [1.165, 1.54) is 12.4 Å². The Morgan fingerprint density at radius 3 is 2.35 bits per heavy atom. The fourth-order valence-electron chi connectivity index (χ4n) is 2.16. The van der Waals surface area contributed by atoms with Gasteiger partial charge in [-0.2, -0.15) is 0 Å². The first-order valence-electron chi connectivity index (χ1n) is 7.57. The molecule has 120 valence electrons. The van der Waals surface area contributed by atoms with Gasteiger partial charge < -0.3 is 10.2 Å². The molecule has 0 spiro atoms. The van der Waals surface area contributed by atoms with Gasteiger partial charge in [-0.1, -0.05) is 0 Å². The lowest BCUT2D eigenvalue weighted by Crippen LogP contribution is -2.31. The lowest BCUT2D eigenvalue weighted by molar-refractivity contribution is 0.0772. The van der Waals surface area contributed by atoms with Gasteiger partial charge >= 0.3 is 0 Å². The van der Waals surface area contributed by atoms with Gasteiger partial charge in [-0.05, 0) is 37.6 Å². The van der Waals surface area contributed by atoms with Crippen LogP contribution in [0.4, 0.5) is 0 Å². The zero-order valence-corrected chi connectivity index (χ0v) is 13.3. The van der Waals surface area contributed by atoms with Crippen molar-refractivity contribution < 1.29 is 9.59 Å². The van der Waals surface area contributed by atoms with Crippen LogP contribution in [0.5, 0.6) is 0 Å². The number of rotatable bonds is 6. The normalized spacial score (nSPS) is 10.2. The maximum Gasteiger partial charge on any atom is 0.255 e. The number of nitrogens with one attached hydrogen (secondary N) is 1. The van der Waals surface area contributed by atoms with Crippen LogP contribution in [0.3, 0.4) is 0 Å². The molecule has 0 unspecified atom stereocenters. The minimum Gasteiger partial charge on any atom is -0.348 e. The second-order valence-electron chi connectivity index (χ2n) is 4.98. The summed E-state index contributed by atoms with van der Waals surface area (Å²) in [5, 5.41) is 2.81. The molecule has 6 heteroatoms. The molecule has 2 aromatic heterocycles. The predicted molar refractivity (Wildman–Crippen MR) is 86.9 cm³/mol. The molecule has 0 aliphatic carbocycles. The summed E-state index contributed by atoms with van der Waals surface area (Å²) in [6.45, 7) is 5.47. The second kappa shape index (κ2) is 8.03. The van der Waals surface area contributed by atoms with Crippen LogP contribution in [0.15, 0.2) is 43.0 Å². The number of hydrogen-bond donors (Lipinski definition) is 1. The van der Waals surface area contributed by atoms with Crippen molar-refractivity contribution in [3.05, 3.63) is 59.7 Å². The van der Waals surface area contributed by atoms with Crippen molar-refractivity contribution in [1.82, 2.24) is 20.2 Å². The van der Waals surface area contributed by atoms with Crippen LogP contribution in [-0.4, -0.2) is 39.8 Å². The van der Waals surface area contributed by atoms with E-state index in [2.05, 4.69) is 15.3 Å². The fraction of sp³-hybridized carbons (Fsp3) is 0.294. The van der Waals surface area contributed by atoms with E-state index in [1.807, 2.05) is 26.0 Å². The number of aromatic nitrogens is 2. The summed E-state index contributed by atoms with van der Waals surface area (Å²) in [7, 11) is 0. The van der Waals surface area contributed by atoms with Gasteiger partial charge in [-0.25, -0.2) is 0 Å². The largest absolute Gasteiger partial charge is 0.348 e. The lowest BCUT2D eigenvalue weighted by atomic mass is 10.1. The van der Waals surface area contributed by atoms with Crippen LogP contribution in [0.2, 0.25) is 0 Å². The molecule has 2 heterocycles. The minimum atomic E-state index is -0.261. The van der Waals surface area contributed by atoms with Crippen molar-refractivity contribution in [2.45, 2.75) is 20.4 Å². The van der Waals surface area contributed by atoms with Crippen molar-refractivity contribution in [1.29, 1.82) is 0 Å². The Balaban J connectivity index is 2.06. The molecule has 0 atom stereocenters. The SMILES string of the molecule is CCN(CC)C(=O)c1cncc(C(=O)NCc2ccncc2)c1. The Hall–Kier alpha value is -2.76.